The number of aromatic nitrogens is 2. The molecule has 1 aliphatic rings. The number of rotatable bonds is 4. The van der Waals surface area contributed by atoms with Crippen LogP contribution >= 0.6 is 0 Å². The standard InChI is InChI=1S/C14H14F2N4O2S/c15-11-2-1-9(7-12(11)16)19-14-17-5-3-13(20-14)18-10-4-6-23(21,22)8-10/h1-3,5,7,10H,4,6,8H2,(H2,17,18,19,20). The molecule has 1 aromatic carbocycles. The van der Waals surface area contributed by atoms with Crippen LogP contribution in [0.1, 0.15) is 6.42 Å². The molecule has 0 spiro atoms. The lowest BCUT2D eigenvalue weighted by atomic mass is 10.2. The number of nitrogens with zero attached hydrogens (tertiary/aromatic N) is 2. The second-order valence-electron chi connectivity index (χ2n) is 5.26. The average Bonchev–Trinajstić information content (AvgIpc) is 2.82. The van der Waals surface area contributed by atoms with Crippen LogP contribution < -0.4 is 10.6 Å². The Morgan fingerprint density at radius 1 is 1.17 bits per heavy atom. The summed E-state index contributed by atoms with van der Waals surface area (Å²) in [6.45, 7) is 0. The molecule has 0 amide bonds. The quantitative estimate of drug-likeness (QED) is 0.887. The molecule has 0 radical (unpaired) electrons. The smallest absolute Gasteiger partial charge is 0.229 e. The van der Waals surface area contributed by atoms with Crippen LogP contribution in [0.4, 0.5) is 26.2 Å². The summed E-state index contributed by atoms with van der Waals surface area (Å²) in [6.07, 6.45) is 2.01. The van der Waals surface area contributed by atoms with E-state index in [1.165, 1.54) is 12.3 Å². The third-order valence-electron chi connectivity index (χ3n) is 3.42. The zero-order valence-electron chi connectivity index (χ0n) is 12.0. The molecule has 3 rings (SSSR count). The van der Waals surface area contributed by atoms with Crippen LogP contribution in [0.3, 0.4) is 0 Å². The summed E-state index contributed by atoms with van der Waals surface area (Å²) in [4.78, 5) is 8.18. The molecule has 1 aliphatic heterocycles. The predicted octanol–water partition coefficient (Wildman–Crippen LogP) is 2.10. The van der Waals surface area contributed by atoms with Gasteiger partial charge in [-0.15, -0.1) is 0 Å². The SMILES string of the molecule is O=S1(=O)CCC(Nc2ccnc(Nc3ccc(F)c(F)c3)n2)C1. The highest BCUT2D eigenvalue weighted by Gasteiger charge is 2.27. The Labute approximate surface area is 131 Å². The maximum Gasteiger partial charge on any atom is 0.229 e. The second kappa shape index (κ2) is 6.07. The molecule has 1 fully saturated rings. The van der Waals surface area contributed by atoms with E-state index in [1.54, 1.807) is 6.07 Å². The molecule has 2 N–H and O–H groups in total. The Morgan fingerprint density at radius 3 is 2.70 bits per heavy atom. The van der Waals surface area contributed by atoms with Crippen molar-refractivity contribution in [2.75, 3.05) is 22.1 Å². The van der Waals surface area contributed by atoms with Gasteiger partial charge in [0, 0.05) is 24.0 Å². The number of hydrogen-bond acceptors (Lipinski definition) is 6. The van der Waals surface area contributed by atoms with Crippen LogP contribution in [0, 0.1) is 11.6 Å². The molecule has 0 aliphatic carbocycles. The summed E-state index contributed by atoms with van der Waals surface area (Å²) >= 11 is 0. The van der Waals surface area contributed by atoms with Crippen molar-refractivity contribution in [2.24, 2.45) is 0 Å². The first kappa shape index (κ1) is 15.6. The Hall–Kier alpha value is -2.29. The average molecular weight is 340 g/mol. The van der Waals surface area contributed by atoms with Gasteiger partial charge in [-0.05, 0) is 24.6 Å². The van der Waals surface area contributed by atoms with Crippen molar-refractivity contribution in [3.63, 3.8) is 0 Å². The van der Waals surface area contributed by atoms with Crippen LogP contribution in [-0.2, 0) is 9.84 Å². The van der Waals surface area contributed by atoms with Gasteiger partial charge >= 0.3 is 0 Å². The molecule has 1 aromatic heterocycles. The van der Waals surface area contributed by atoms with Crippen LogP contribution in [0.5, 0.6) is 0 Å². The van der Waals surface area contributed by atoms with Gasteiger partial charge < -0.3 is 10.6 Å². The molecule has 1 unspecified atom stereocenters. The first-order valence-corrected chi connectivity index (χ1v) is 8.75. The summed E-state index contributed by atoms with van der Waals surface area (Å²) in [5, 5.41) is 5.81. The first-order chi connectivity index (χ1) is 10.9. The summed E-state index contributed by atoms with van der Waals surface area (Å²) < 4.78 is 49.0. The Balaban J connectivity index is 1.71. The molecule has 23 heavy (non-hydrogen) atoms. The van der Waals surface area contributed by atoms with E-state index in [1.807, 2.05) is 0 Å². The zero-order chi connectivity index (χ0) is 16.4. The number of benzene rings is 1. The number of anilines is 3. The van der Waals surface area contributed by atoms with Crippen molar-refractivity contribution in [2.45, 2.75) is 12.5 Å². The second-order valence-corrected chi connectivity index (χ2v) is 7.49. The fourth-order valence-corrected chi connectivity index (χ4v) is 3.99. The molecular formula is C14H14F2N4O2S. The van der Waals surface area contributed by atoms with Crippen molar-refractivity contribution in [3.05, 3.63) is 42.1 Å². The fraction of sp³-hybridized carbons (Fsp3) is 0.286. The lowest BCUT2D eigenvalue weighted by Gasteiger charge is -2.12. The van der Waals surface area contributed by atoms with Gasteiger partial charge in [-0.1, -0.05) is 0 Å². The van der Waals surface area contributed by atoms with E-state index >= 15 is 0 Å². The van der Waals surface area contributed by atoms with Crippen molar-refractivity contribution in [1.29, 1.82) is 0 Å². The van der Waals surface area contributed by atoms with Crippen LogP contribution in [0.25, 0.3) is 0 Å². The van der Waals surface area contributed by atoms with Gasteiger partial charge in [0.2, 0.25) is 5.95 Å². The molecule has 1 saturated heterocycles. The lowest BCUT2D eigenvalue weighted by Crippen LogP contribution is -2.21. The first-order valence-electron chi connectivity index (χ1n) is 6.93. The van der Waals surface area contributed by atoms with Gasteiger partial charge in [-0.2, -0.15) is 4.98 Å². The molecule has 122 valence electrons. The van der Waals surface area contributed by atoms with E-state index in [-0.39, 0.29) is 23.5 Å². The topological polar surface area (TPSA) is 84.0 Å². The Kier molecular flexibility index (Phi) is 4.12. The maximum absolute atomic E-state index is 13.2. The summed E-state index contributed by atoms with van der Waals surface area (Å²) in [5.41, 5.74) is 0.310. The van der Waals surface area contributed by atoms with E-state index in [2.05, 4.69) is 20.6 Å². The van der Waals surface area contributed by atoms with E-state index in [4.69, 9.17) is 0 Å². The van der Waals surface area contributed by atoms with Crippen molar-refractivity contribution in [3.8, 4) is 0 Å². The number of nitrogens with one attached hydrogen (secondary N) is 2. The molecule has 9 heteroatoms. The summed E-state index contributed by atoms with van der Waals surface area (Å²) in [6, 6.07) is 4.80. The summed E-state index contributed by atoms with van der Waals surface area (Å²) in [7, 11) is -2.98. The monoisotopic (exact) mass is 340 g/mol. The van der Waals surface area contributed by atoms with Gasteiger partial charge in [-0.3, -0.25) is 0 Å². The molecule has 0 saturated carbocycles. The van der Waals surface area contributed by atoms with Gasteiger partial charge in [0.15, 0.2) is 21.5 Å². The fourth-order valence-electron chi connectivity index (χ4n) is 2.32. The molecule has 2 heterocycles. The van der Waals surface area contributed by atoms with E-state index in [0.29, 0.717) is 17.9 Å². The van der Waals surface area contributed by atoms with Gasteiger partial charge in [-0.25, -0.2) is 22.2 Å². The third-order valence-corrected chi connectivity index (χ3v) is 5.18. The van der Waals surface area contributed by atoms with Crippen molar-refractivity contribution >= 4 is 27.3 Å². The van der Waals surface area contributed by atoms with E-state index in [0.717, 1.165) is 12.1 Å². The third kappa shape index (κ3) is 3.92. The molecular weight excluding hydrogens is 326 g/mol. The highest BCUT2D eigenvalue weighted by Crippen LogP contribution is 2.19. The van der Waals surface area contributed by atoms with Gasteiger partial charge in [0.25, 0.3) is 0 Å². The lowest BCUT2D eigenvalue weighted by molar-refractivity contribution is 0.509. The summed E-state index contributed by atoms with van der Waals surface area (Å²) in [5.74, 6) is -1.01. The molecule has 0 bridgehead atoms. The normalized spacial score (nSPS) is 19.5. The highest BCUT2D eigenvalue weighted by molar-refractivity contribution is 7.91. The van der Waals surface area contributed by atoms with Crippen LogP contribution in [0.2, 0.25) is 0 Å². The highest BCUT2D eigenvalue weighted by atomic mass is 32.2. The minimum absolute atomic E-state index is 0.0724. The van der Waals surface area contributed by atoms with Crippen molar-refractivity contribution in [1.82, 2.24) is 9.97 Å². The molecule has 6 nitrogen and oxygen atoms in total. The zero-order valence-corrected chi connectivity index (χ0v) is 12.8. The van der Waals surface area contributed by atoms with Gasteiger partial charge in [0.05, 0.1) is 11.5 Å². The molecule has 1 atom stereocenters. The maximum atomic E-state index is 13.2. The Morgan fingerprint density at radius 2 is 2.00 bits per heavy atom. The minimum Gasteiger partial charge on any atom is -0.366 e. The van der Waals surface area contributed by atoms with E-state index in [9.17, 15) is 17.2 Å². The van der Waals surface area contributed by atoms with Crippen LogP contribution in [0.15, 0.2) is 30.5 Å². The largest absolute Gasteiger partial charge is 0.366 e. The predicted molar refractivity (Wildman–Crippen MR) is 82.4 cm³/mol. The van der Waals surface area contributed by atoms with Gasteiger partial charge in [0.1, 0.15) is 5.82 Å². The van der Waals surface area contributed by atoms with Crippen molar-refractivity contribution < 1.29 is 17.2 Å². The number of hydrogen-bond donors (Lipinski definition) is 2. The van der Waals surface area contributed by atoms with E-state index < -0.39 is 21.5 Å². The minimum atomic E-state index is -2.98. The van der Waals surface area contributed by atoms with Crippen LogP contribution in [-0.4, -0.2) is 35.9 Å². The number of halogens is 2. The Bertz CT molecular complexity index is 829. The number of sulfone groups is 1. The molecule has 2 aromatic rings.